The molecule has 0 spiro atoms. The third-order valence-electron chi connectivity index (χ3n) is 3.50. The molecule has 0 atom stereocenters. The van der Waals surface area contributed by atoms with Crippen LogP contribution in [0.25, 0.3) is 10.2 Å². The highest BCUT2D eigenvalue weighted by atomic mass is 32.1. The molecule has 0 saturated carbocycles. The number of carbonyl (C=O) groups excluding carboxylic acids is 1. The minimum atomic E-state index is -0.378. The Balaban J connectivity index is 2.15. The maximum atomic E-state index is 13.4. The number of methoxy groups -OCH3 is 1. The molecule has 0 aliphatic rings. The molecular formula is C17H15FN2O2S. The van der Waals surface area contributed by atoms with Crippen molar-refractivity contribution in [3.05, 3.63) is 58.6 Å². The Kier molecular flexibility index (Phi) is 4.25. The van der Waals surface area contributed by atoms with E-state index in [9.17, 15) is 9.18 Å². The largest absolute Gasteiger partial charge is 0.496 e. The first-order valence-electron chi connectivity index (χ1n) is 7.15. The van der Waals surface area contributed by atoms with Crippen LogP contribution in [0.4, 0.5) is 4.39 Å². The van der Waals surface area contributed by atoms with Gasteiger partial charge in [-0.25, -0.2) is 4.39 Å². The summed E-state index contributed by atoms with van der Waals surface area (Å²) < 4.78 is 21.3. The summed E-state index contributed by atoms with van der Waals surface area (Å²) in [5, 5.41) is 0. The maximum Gasteiger partial charge on any atom is 0.283 e. The second kappa shape index (κ2) is 6.34. The smallest absolute Gasteiger partial charge is 0.283 e. The summed E-state index contributed by atoms with van der Waals surface area (Å²) in [7, 11) is 1.51. The van der Waals surface area contributed by atoms with E-state index in [0.717, 1.165) is 10.2 Å². The third-order valence-corrected chi connectivity index (χ3v) is 4.54. The molecule has 0 fully saturated rings. The van der Waals surface area contributed by atoms with Crippen molar-refractivity contribution in [3.63, 3.8) is 0 Å². The maximum absolute atomic E-state index is 13.4. The first-order valence-corrected chi connectivity index (χ1v) is 7.96. The van der Waals surface area contributed by atoms with Crippen LogP contribution in [0.1, 0.15) is 17.3 Å². The lowest BCUT2D eigenvalue weighted by atomic mass is 10.2. The van der Waals surface area contributed by atoms with Crippen LogP contribution >= 0.6 is 11.3 Å². The van der Waals surface area contributed by atoms with Gasteiger partial charge in [-0.3, -0.25) is 4.79 Å². The fraction of sp³-hybridized carbons (Fsp3) is 0.176. The molecule has 0 aliphatic carbocycles. The molecule has 1 heterocycles. The van der Waals surface area contributed by atoms with E-state index in [1.54, 1.807) is 30.3 Å². The predicted molar refractivity (Wildman–Crippen MR) is 88.3 cm³/mol. The summed E-state index contributed by atoms with van der Waals surface area (Å²) >= 11 is 1.29. The molecule has 0 saturated heterocycles. The average molecular weight is 330 g/mol. The third kappa shape index (κ3) is 2.90. The SMILES string of the molecule is CCn1c(=NC(=O)c2ccccc2OC)sc2cc(F)ccc21. The number of halogens is 1. The monoisotopic (exact) mass is 330 g/mol. The van der Waals surface area contributed by atoms with Gasteiger partial charge in [-0.1, -0.05) is 23.5 Å². The van der Waals surface area contributed by atoms with Gasteiger partial charge >= 0.3 is 0 Å². The highest BCUT2D eigenvalue weighted by Crippen LogP contribution is 2.20. The van der Waals surface area contributed by atoms with E-state index in [-0.39, 0.29) is 11.7 Å². The van der Waals surface area contributed by atoms with Crippen LogP contribution in [0.15, 0.2) is 47.5 Å². The normalized spacial score (nSPS) is 11.9. The molecule has 3 aromatic rings. The van der Waals surface area contributed by atoms with Gasteiger partial charge in [0, 0.05) is 6.54 Å². The first-order chi connectivity index (χ1) is 11.1. The zero-order valence-electron chi connectivity index (χ0n) is 12.7. The number of aryl methyl sites for hydroxylation is 1. The molecule has 6 heteroatoms. The Labute approximate surface area is 136 Å². The predicted octanol–water partition coefficient (Wildman–Crippen LogP) is 3.61. The molecular weight excluding hydrogens is 315 g/mol. The summed E-state index contributed by atoms with van der Waals surface area (Å²) in [6.07, 6.45) is 0. The van der Waals surface area contributed by atoms with Crippen molar-refractivity contribution in [2.75, 3.05) is 7.11 Å². The van der Waals surface area contributed by atoms with Crippen molar-refractivity contribution in [1.29, 1.82) is 0 Å². The minimum Gasteiger partial charge on any atom is -0.496 e. The quantitative estimate of drug-likeness (QED) is 0.736. The van der Waals surface area contributed by atoms with Gasteiger partial charge in [-0.05, 0) is 37.3 Å². The summed E-state index contributed by atoms with van der Waals surface area (Å²) in [6, 6.07) is 11.5. The first kappa shape index (κ1) is 15.4. The average Bonchev–Trinajstić information content (AvgIpc) is 2.90. The van der Waals surface area contributed by atoms with Gasteiger partial charge in [0.05, 0.1) is 22.9 Å². The van der Waals surface area contributed by atoms with E-state index in [0.29, 0.717) is 22.7 Å². The number of amides is 1. The van der Waals surface area contributed by atoms with Gasteiger partial charge in [0.15, 0.2) is 4.80 Å². The highest BCUT2D eigenvalue weighted by Gasteiger charge is 2.12. The molecule has 0 radical (unpaired) electrons. The number of aromatic nitrogens is 1. The Bertz CT molecular complexity index is 943. The molecule has 118 valence electrons. The zero-order chi connectivity index (χ0) is 16.4. The van der Waals surface area contributed by atoms with Crippen molar-refractivity contribution < 1.29 is 13.9 Å². The topological polar surface area (TPSA) is 43.6 Å². The van der Waals surface area contributed by atoms with Gasteiger partial charge in [0.1, 0.15) is 11.6 Å². The van der Waals surface area contributed by atoms with Crippen LogP contribution < -0.4 is 9.54 Å². The zero-order valence-corrected chi connectivity index (χ0v) is 13.6. The van der Waals surface area contributed by atoms with Gasteiger partial charge in [-0.15, -0.1) is 0 Å². The summed E-state index contributed by atoms with van der Waals surface area (Å²) in [5.74, 6) is -0.197. The molecule has 0 unspecified atom stereocenters. The Morgan fingerprint density at radius 1 is 1.30 bits per heavy atom. The van der Waals surface area contributed by atoms with E-state index in [1.165, 1.54) is 30.6 Å². The lowest BCUT2D eigenvalue weighted by Crippen LogP contribution is -2.16. The Morgan fingerprint density at radius 3 is 2.83 bits per heavy atom. The lowest BCUT2D eigenvalue weighted by Gasteiger charge is -2.04. The number of thiazole rings is 1. The van der Waals surface area contributed by atoms with Crippen molar-refractivity contribution >= 4 is 27.5 Å². The molecule has 23 heavy (non-hydrogen) atoms. The molecule has 4 nitrogen and oxygen atoms in total. The summed E-state index contributed by atoms with van der Waals surface area (Å²) in [6.45, 7) is 2.60. The lowest BCUT2D eigenvalue weighted by molar-refractivity contribution is 0.0995. The number of hydrogen-bond donors (Lipinski definition) is 0. The van der Waals surface area contributed by atoms with Crippen molar-refractivity contribution in [2.24, 2.45) is 4.99 Å². The second-order valence-electron chi connectivity index (χ2n) is 4.86. The fourth-order valence-electron chi connectivity index (χ4n) is 2.41. The van der Waals surface area contributed by atoms with Crippen LogP contribution in [-0.4, -0.2) is 17.6 Å². The molecule has 3 rings (SSSR count). The number of ether oxygens (including phenoxy) is 1. The number of fused-ring (bicyclic) bond motifs is 1. The minimum absolute atomic E-state index is 0.301. The second-order valence-corrected chi connectivity index (χ2v) is 5.87. The number of nitrogens with zero attached hydrogens (tertiary/aromatic N) is 2. The van der Waals surface area contributed by atoms with Gasteiger partial charge in [0.2, 0.25) is 0 Å². The molecule has 0 N–H and O–H groups in total. The number of rotatable bonds is 3. The molecule has 1 amide bonds. The number of hydrogen-bond acceptors (Lipinski definition) is 3. The van der Waals surface area contributed by atoms with Crippen molar-refractivity contribution in [1.82, 2.24) is 4.57 Å². The molecule has 1 aromatic heterocycles. The van der Waals surface area contributed by atoms with E-state index < -0.39 is 0 Å². The molecule has 0 aliphatic heterocycles. The van der Waals surface area contributed by atoms with Crippen LogP contribution in [0, 0.1) is 5.82 Å². The number of para-hydroxylation sites is 1. The van der Waals surface area contributed by atoms with Crippen molar-refractivity contribution in [2.45, 2.75) is 13.5 Å². The van der Waals surface area contributed by atoms with Crippen molar-refractivity contribution in [3.8, 4) is 5.75 Å². The number of benzene rings is 2. The van der Waals surface area contributed by atoms with Crippen LogP contribution in [0.2, 0.25) is 0 Å². The fourth-order valence-corrected chi connectivity index (χ4v) is 3.52. The van der Waals surface area contributed by atoms with E-state index in [4.69, 9.17) is 4.74 Å². The summed E-state index contributed by atoms with van der Waals surface area (Å²) in [4.78, 5) is 17.2. The standard InChI is InChI=1S/C17H15FN2O2S/c1-3-20-13-9-8-11(18)10-15(13)23-17(20)19-16(21)12-6-4-5-7-14(12)22-2/h4-10H,3H2,1-2H3. The van der Waals surface area contributed by atoms with E-state index in [1.807, 2.05) is 11.5 Å². The van der Waals surface area contributed by atoms with E-state index in [2.05, 4.69) is 4.99 Å². The van der Waals surface area contributed by atoms with Gasteiger partial charge < -0.3 is 9.30 Å². The Hall–Kier alpha value is -2.47. The van der Waals surface area contributed by atoms with E-state index >= 15 is 0 Å². The van der Waals surface area contributed by atoms with Gasteiger partial charge in [-0.2, -0.15) is 4.99 Å². The highest BCUT2D eigenvalue weighted by molar-refractivity contribution is 7.16. The number of carbonyl (C=O) groups is 1. The molecule has 2 aromatic carbocycles. The van der Waals surface area contributed by atoms with Crippen LogP contribution in [0.5, 0.6) is 5.75 Å². The van der Waals surface area contributed by atoms with Crippen LogP contribution in [0.3, 0.4) is 0 Å². The Morgan fingerprint density at radius 2 is 2.09 bits per heavy atom. The summed E-state index contributed by atoms with van der Waals surface area (Å²) in [5.41, 5.74) is 1.27. The van der Waals surface area contributed by atoms with Gasteiger partial charge in [0.25, 0.3) is 5.91 Å². The molecule has 0 bridgehead atoms. The van der Waals surface area contributed by atoms with Crippen LogP contribution in [-0.2, 0) is 6.54 Å².